The van der Waals surface area contributed by atoms with Crippen molar-refractivity contribution in [2.24, 2.45) is 0 Å². The SMILES string of the molecule is Cc1csc([C@@H](C)NC(=O)N(C)[C@H](C)c2sc(C)nc2C)n1. The predicted octanol–water partition coefficient (Wildman–Crippen LogP) is 3.99. The lowest BCUT2D eigenvalue weighted by Crippen LogP contribution is -2.39. The lowest BCUT2D eigenvalue weighted by Gasteiger charge is -2.26. The third-order valence-corrected chi connectivity index (χ3v) is 5.96. The van der Waals surface area contributed by atoms with Crippen molar-refractivity contribution in [1.29, 1.82) is 0 Å². The van der Waals surface area contributed by atoms with E-state index in [0.717, 1.165) is 26.3 Å². The average Bonchev–Trinajstić information content (AvgIpc) is 3.02. The molecule has 120 valence electrons. The summed E-state index contributed by atoms with van der Waals surface area (Å²) in [6.07, 6.45) is 0. The van der Waals surface area contributed by atoms with Gasteiger partial charge in [-0.25, -0.2) is 14.8 Å². The van der Waals surface area contributed by atoms with Crippen LogP contribution in [0, 0.1) is 20.8 Å². The van der Waals surface area contributed by atoms with Gasteiger partial charge in [0.15, 0.2) is 0 Å². The highest BCUT2D eigenvalue weighted by atomic mass is 32.1. The highest BCUT2D eigenvalue weighted by Gasteiger charge is 2.23. The smallest absolute Gasteiger partial charge is 0.318 e. The number of carbonyl (C=O) groups is 1. The van der Waals surface area contributed by atoms with Crippen LogP contribution in [0.5, 0.6) is 0 Å². The zero-order chi connectivity index (χ0) is 16.4. The highest BCUT2D eigenvalue weighted by Crippen LogP contribution is 2.28. The van der Waals surface area contributed by atoms with E-state index in [-0.39, 0.29) is 18.1 Å². The van der Waals surface area contributed by atoms with Gasteiger partial charge in [-0.05, 0) is 34.6 Å². The zero-order valence-electron chi connectivity index (χ0n) is 13.8. The van der Waals surface area contributed by atoms with Crippen molar-refractivity contribution in [3.05, 3.63) is 31.7 Å². The van der Waals surface area contributed by atoms with Crippen molar-refractivity contribution in [3.63, 3.8) is 0 Å². The molecule has 2 rings (SSSR count). The molecule has 0 bridgehead atoms. The topological polar surface area (TPSA) is 58.1 Å². The summed E-state index contributed by atoms with van der Waals surface area (Å²) in [6.45, 7) is 9.91. The van der Waals surface area contributed by atoms with Gasteiger partial charge in [-0.1, -0.05) is 0 Å². The average molecular weight is 339 g/mol. The van der Waals surface area contributed by atoms with Crippen molar-refractivity contribution in [2.75, 3.05) is 7.05 Å². The number of nitrogens with one attached hydrogen (secondary N) is 1. The Balaban J connectivity index is 2.04. The molecule has 0 aliphatic rings. The van der Waals surface area contributed by atoms with Gasteiger partial charge in [-0.15, -0.1) is 22.7 Å². The molecule has 22 heavy (non-hydrogen) atoms. The van der Waals surface area contributed by atoms with Crippen LogP contribution < -0.4 is 5.32 Å². The fourth-order valence-electron chi connectivity index (χ4n) is 2.21. The maximum atomic E-state index is 12.4. The third kappa shape index (κ3) is 3.64. The molecule has 0 saturated carbocycles. The van der Waals surface area contributed by atoms with Gasteiger partial charge < -0.3 is 10.2 Å². The molecule has 2 atom stereocenters. The first-order valence-corrected chi connectivity index (χ1v) is 8.88. The molecule has 0 fully saturated rings. The molecule has 0 spiro atoms. The summed E-state index contributed by atoms with van der Waals surface area (Å²) in [5, 5.41) is 6.95. The minimum Gasteiger partial charge on any atom is -0.329 e. The Labute approximate surface area is 139 Å². The van der Waals surface area contributed by atoms with Gasteiger partial charge in [0.2, 0.25) is 0 Å². The number of thiazole rings is 2. The number of rotatable bonds is 4. The number of carbonyl (C=O) groups excluding carboxylic acids is 1. The molecule has 1 N–H and O–H groups in total. The van der Waals surface area contributed by atoms with Crippen LogP contribution in [-0.4, -0.2) is 27.9 Å². The largest absolute Gasteiger partial charge is 0.329 e. The molecule has 0 saturated heterocycles. The summed E-state index contributed by atoms with van der Waals surface area (Å²) in [5.41, 5.74) is 1.98. The second kappa shape index (κ2) is 6.75. The van der Waals surface area contributed by atoms with Crippen LogP contribution in [0.15, 0.2) is 5.38 Å². The fourth-order valence-corrected chi connectivity index (χ4v) is 4.03. The summed E-state index contributed by atoms with van der Waals surface area (Å²) >= 11 is 3.21. The number of aryl methyl sites for hydroxylation is 3. The molecule has 7 heteroatoms. The van der Waals surface area contributed by atoms with E-state index in [1.54, 1.807) is 27.6 Å². The van der Waals surface area contributed by atoms with Crippen LogP contribution >= 0.6 is 22.7 Å². The highest BCUT2D eigenvalue weighted by molar-refractivity contribution is 7.11. The minimum atomic E-state index is -0.0988. The second-order valence-corrected chi connectivity index (χ2v) is 7.59. The summed E-state index contributed by atoms with van der Waals surface area (Å²) < 4.78 is 0. The van der Waals surface area contributed by atoms with Crippen LogP contribution in [0.4, 0.5) is 4.79 Å². The van der Waals surface area contributed by atoms with Crippen molar-refractivity contribution in [1.82, 2.24) is 20.2 Å². The van der Waals surface area contributed by atoms with E-state index in [0.29, 0.717) is 0 Å². The molecule has 0 unspecified atom stereocenters. The molecular weight excluding hydrogens is 316 g/mol. The number of nitrogens with zero attached hydrogens (tertiary/aromatic N) is 3. The molecule has 0 aromatic carbocycles. The quantitative estimate of drug-likeness (QED) is 0.917. The predicted molar refractivity (Wildman–Crippen MR) is 91.6 cm³/mol. The van der Waals surface area contributed by atoms with Gasteiger partial charge in [0.05, 0.1) is 22.8 Å². The van der Waals surface area contributed by atoms with Crippen LogP contribution in [-0.2, 0) is 0 Å². The minimum absolute atomic E-state index is 0.00330. The number of hydrogen-bond donors (Lipinski definition) is 1. The summed E-state index contributed by atoms with van der Waals surface area (Å²) in [7, 11) is 1.81. The van der Waals surface area contributed by atoms with E-state index in [1.165, 1.54) is 0 Å². The fraction of sp³-hybridized carbons (Fsp3) is 0.533. The second-order valence-electron chi connectivity index (χ2n) is 5.47. The summed E-state index contributed by atoms with van der Waals surface area (Å²) in [4.78, 5) is 24.2. The number of hydrogen-bond acceptors (Lipinski definition) is 5. The summed E-state index contributed by atoms with van der Waals surface area (Å²) in [6, 6.07) is -0.195. The van der Waals surface area contributed by atoms with Gasteiger partial charge in [0, 0.05) is 23.0 Å². The van der Waals surface area contributed by atoms with E-state index in [4.69, 9.17) is 0 Å². The first-order valence-electron chi connectivity index (χ1n) is 7.19. The van der Waals surface area contributed by atoms with E-state index in [2.05, 4.69) is 15.3 Å². The maximum Gasteiger partial charge on any atom is 0.318 e. The maximum absolute atomic E-state index is 12.4. The molecule has 2 aromatic heterocycles. The van der Waals surface area contributed by atoms with Crippen molar-refractivity contribution >= 4 is 28.7 Å². The van der Waals surface area contributed by atoms with Crippen molar-refractivity contribution in [2.45, 2.75) is 46.7 Å². The first-order chi connectivity index (χ1) is 10.3. The molecule has 5 nitrogen and oxygen atoms in total. The van der Waals surface area contributed by atoms with Gasteiger partial charge in [0.1, 0.15) is 5.01 Å². The van der Waals surface area contributed by atoms with Crippen LogP contribution in [0.25, 0.3) is 0 Å². The number of aromatic nitrogens is 2. The Morgan fingerprint density at radius 1 is 1.27 bits per heavy atom. The van der Waals surface area contributed by atoms with Crippen LogP contribution in [0.2, 0.25) is 0 Å². The standard InChI is InChI=1S/C15H22N4OS2/c1-8-7-21-14(16-8)10(3)18-15(20)19(6)11(4)13-9(2)17-12(5)22-13/h7,10-11H,1-6H3,(H,18,20)/t10-,11-/m1/s1. The molecule has 0 aliphatic carbocycles. The van der Waals surface area contributed by atoms with Crippen LogP contribution in [0.1, 0.15) is 52.2 Å². The lowest BCUT2D eigenvalue weighted by molar-refractivity contribution is 0.191. The first kappa shape index (κ1) is 16.9. The Morgan fingerprint density at radius 3 is 2.45 bits per heavy atom. The van der Waals surface area contributed by atoms with Gasteiger partial charge >= 0.3 is 6.03 Å². The Bertz CT molecular complexity index is 664. The molecular formula is C15H22N4OS2. The Hall–Kier alpha value is -1.47. The number of urea groups is 1. The number of amides is 2. The molecule has 2 aromatic rings. The lowest BCUT2D eigenvalue weighted by atomic mass is 10.2. The molecule has 2 amide bonds. The zero-order valence-corrected chi connectivity index (χ0v) is 15.4. The Morgan fingerprint density at radius 2 is 1.95 bits per heavy atom. The van der Waals surface area contributed by atoms with E-state index < -0.39 is 0 Å². The molecule has 0 aliphatic heterocycles. The van der Waals surface area contributed by atoms with Crippen molar-refractivity contribution < 1.29 is 4.79 Å². The Kier molecular flexibility index (Phi) is 5.18. The van der Waals surface area contributed by atoms with Gasteiger partial charge in [0.25, 0.3) is 0 Å². The van der Waals surface area contributed by atoms with Gasteiger partial charge in [-0.3, -0.25) is 0 Å². The third-order valence-electron chi connectivity index (χ3n) is 3.57. The van der Waals surface area contributed by atoms with Crippen molar-refractivity contribution in [3.8, 4) is 0 Å². The van der Waals surface area contributed by atoms with E-state index >= 15 is 0 Å². The van der Waals surface area contributed by atoms with E-state index in [9.17, 15) is 4.79 Å². The monoisotopic (exact) mass is 338 g/mol. The molecule has 2 heterocycles. The molecule has 0 radical (unpaired) electrons. The van der Waals surface area contributed by atoms with Gasteiger partial charge in [-0.2, -0.15) is 0 Å². The summed E-state index contributed by atoms with van der Waals surface area (Å²) in [5.74, 6) is 0. The van der Waals surface area contributed by atoms with E-state index in [1.807, 2.05) is 47.0 Å². The normalized spacial score (nSPS) is 13.7. The van der Waals surface area contributed by atoms with Crippen LogP contribution in [0.3, 0.4) is 0 Å².